The van der Waals surface area contributed by atoms with E-state index in [1.807, 2.05) is 0 Å². The minimum Gasteiger partial charge on any atom is -0.0597 e. The Balaban J connectivity index is 0.000000211. The topological polar surface area (TPSA) is 0 Å². The minimum atomic E-state index is 0.507. The van der Waals surface area contributed by atoms with Crippen molar-refractivity contribution in [3.05, 3.63) is 0 Å². The maximum atomic E-state index is 2.46. The molecule has 0 atom stereocenters. The van der Waals surface area contributed by atoms with E-state index in [1.54, 1.807) is 0 Å². The first kappa shape index (κ1) is 19.0. The third-order valence-electron chi connectivity index (χ3n) is 7.29. The third-order valence-corrected chi connectivity index (χ3v) is 7.29. The molecule has 0 heterocycles. The average Bonchev–Trinajstić information content (AvgIpc) is 2.77. The largest absolute Gasteiger partial charge is 0.0597 e. The van der Waals surface area contributed by atoms with Crippen molar-refractivity contribution < 1.29 is 0 Å². The van der Waals surface area contributed by atoms with Crippen molar-refractivity contribution in [1.29, 1.82) is 0 Å². The molecule has 0 nitrogen and oxygen atoms in total. The zero-order valence-electron chi connectivity index (χ0n) is 16.4. The number of rotatable bonds is 0. The summed E-state index contributed by atoms with van der Waals surface area (Å²) < 4.78 is 0. The molecule has 2 aliphatic rings. The summed E-state index contributed by atoms with van der Waals surface area (Å²) in [7, 11) is 0. The molecule has 0 N–H and O–H groups in total. The van der Waals surface area contributed by atoms with Crippen molar-refractivity contribution >= 4 is 0 Å². The van der Waals surface area contributed by atoms with Gasteiger partial charge in [0.25, 0.3) is 0 Å². The van der Waals surface area contributed by atoms with Gasteiger partial charge in [0.05, 0.1) is 0 Å². The highest BCUT2D eigenvalue weighted by Crippen LogP contribution is 2.50. The van der Waals surface area contributed by atoms with Crippen LogP contribution in [0.25, 0.3) is 0 Å². The molecule has 2 rings (SSSR count). The van der Waals surface area contributed by atoms with Gasteiger partial charge >= 0.3 is 0 Å². The van der Waals surface area contributed by atoms with Crippen LogP contribution in [0.2, 0.25) is 0 Å². The molecule has 0 saturated heterocycles. The first-order valence-corrected chi connectivity index (χ1v) is 9.41. The van der Waals surface area contributed by atoms with Gasteiger partial charge in [0.15, 0.2) is 0 Å². The quantitative estimate of drug-likeness (QED) is 0.431. The zero-order valence-corrected chi connectivity index (χ0v) is 16.4. The summed E-state index contributed by atoms with van der Waals surface area (Å²) in [5, 5.41) is 0. The van der Waals surface area contributed by atoms with Crippen LogP contribution in [0, 0.1) is 21.7 Å². The van der Waals surface area contributed by atoms with E-state index >= 15 is 0 Å². The highest BCUT2D eigenvalue weighted by Gasteiger charge is 2.39. The molecule has 126 valence electrons. The van der Waals surface area contributed by atoms with Crippen molar-refractivity contribution in [2.24, 2.45) is 21.7 Å². The zero-order chi connectivity index (χ0) is 16.4. The molecule has 0 amide bonds. The highest BCUT2D eigenvalue weighted by molar-refractivity contribution is 4.90. The second kappa shape index (κ2) is 6.63. The van der Waals surface area contributed by atoms with Gasteiger partial charge in [-0.2, -0.15) is 0 Å². The maximum Gasteiger partial charge on any atom is -0.0277 e. The van der Waals surface area contributed by atoms with E-state index in [1.165, 1.54) is 57.8 Å². The van der Waals surface area contributed by atoms with Crippen molar-refractivity contribution in [2.45, 2.75) is 113 Å². The average molecular weight is 295 g/mol. The van der Waals surface area contributed by atoms with E-state index in [9.17, 15) is 0 Å². The SMILES string of the molecule is CC(C)(C)C1(C)CCCC1.CC(C)(C)C1(C)CCCCC1. The Bertz CT molecular complexity index is 298. The Labute approximate surface area is 135 Å². The molecule has 0 aromatic rings. The fraction of sp³-hybridized carbons (Fsp3) is 1.00. The summed E-state index contributed by atoms with van der Waals surface area (Å²) >= 11 is 0. The third kappa shape index (κ3) is 4.73. The van der Waals surface area contributed by atoms with E-state index in [4.69, 9.17) is 0 Å². The lowest BCUT2D eigenvalue weighted by Gasteiger charge is -2.45. The van der Waals surface area contributed by atoms with E-state index in [-0.39, 0.29) is 0 Å². The van der Waals surface area contributed by atoms with Crippen LogP contribution >= 0.6 is 0 Å². The lowest BCUT2D eigenvalue weighted by Crippen LogP contribution is -2.34. The van der Waals surface area contributed by atoms with Crippen LogP contribution < -0.4 is 0 Å². The fourth-order valence-electron chi connectivity index (χ4n) is 3.99. The van der Waals surface area contributed by atoms with E-state index in [2.05, 4.69) is 55.4 Å². The van der Waals surface area contributed by atoms with E-state index in [0.29, 0.717) is 21.7 Å². The molecule has 2 saturated carbocycles. The number of hydrogen-bond acceptors (Lipinski definition) is 0. The van der Waals surface area contributed by atoms with Crippen LogP contribution in [-0.4, -0.2) is 0 Å². The van der Waals surface area contributed by atoms with Crippen LogP contribution in [0.4, 0.5) is 0 Å². The van der Waals surface area contributed by atoms with Gasteiger partial charge in [-0.1, -0.05) is 87.5 Å². The van der Waals surface area contributed by atoms with Crippen LogP contribution in [0.1, 0.15) is 113 Å². The van der Waals surface area contributed by atoms with Crippen LogP contribution in [-0.2, 0) is 0 Å². The summed E-state index contributed by atoms with van der Waals surface area (Å²) in [6.45, 7) is 19.2. The predicted octanol–water partition coefficient (Wildman–Crippen LogP) is 7.62. The summed E-state index contributed by atoms with van der Waals surface area (Å²) in [6, 6.07) is 0. The molecule has 2 aliphatic carbocycles. The van der Waals surface area contributed by atoms with Gasteiger partial charge in [-0.3, -0.25) is 0 Å². The summed E-state index contributed by atoms with van der Waals surface area (Å²) in [4.78, 5) is 0. The Hall–Kier alpha value is 0. The Morgan fingerprint density at radius 3 is 0.905 bits per heavy atom. The fourth-order valence-corrected chi connectivity index (χ4v) is 3.99. The van der Waals surface area contributed by atoms with Gasteiger partial charge in [0.1, 0.15) is 0 Å². The lowest BCUT2D eigenvalue weighted by molar-refractivity contribution is 0.0601. The van der Waals surface area contributed by atoms with Crippen LogP contribution in [0.5, 0.6) is 0 Å². The Morgan fingerprint density at radius 2 is 0.714 bits per heavy atom. The predicted molar refractivity (Wildman–Crippen MR) is 96.7 cm³/mol. The summed E-state index contributed by atoms with van der Waals surface area (Å²) in [5.41, 5.74) is 2.27. The van der Waals surface area contributed by atoms with Crippen molar-refractivity contribution in [2.75, 3.05) is 0 Å². The van der Waals surface area contributed by atoms with Gasteiger partial charge in [-0.15, -0.1) is 0 Å². The normalized spacial score (nSPS) is 25.1. The van der Waals surface area contributed by atoms with Gasteiger partial charge in [0.2, 0.25) is 0 Å². The molecular formula is C21H42. The smallest absolute Gasteiger partial charge is 0.0277 e. The first-order chi connectivity index (χ1) is 9.41. The van der Waals surface area contributed by atoms with Crippen molar-refractivity contribution in [1.82, 2.24) is 0 Å². The van der Waals surface area contributed by atoms with Crippen LogP contribution in [0.15, 0.2) is 0 Å². The number of hydrogen-bond donors (Lipinski definition) is 0. The van der Waals surface area contributed by atoms with Crippen molar-refractivity contribution in [3.8, 4) is 0 Å². The summed E-state index contributed by atoms with van der Waals surface area (Å²) in [6.07, 6.45) is 13.0. The minimum absolute atomic E-state index is 0.507. The van der Waals surface area contributed by atoms with Gasteiger partial charge in [0, 0.05) is 0 Å². The molecule has 2 fully saturated rings. The standard InChI is InChI=1S/C11H22.C10H20/c1-10(2,3)11(4)8-6-5-7-9-11;1-9(2,3)10(4)7-5-6-8-10/h5-9H2,1-4H3;5-8H2,1-4H3. The Morgan fingerprint density at radius 1 is 0.476 bits per heavy atom. The molecule has 0 bridgehead atoms. The molecule has 0 spiro atoms. The maximum absolute atomic E-state index is 2.46. The summed E-state index contributed by atoms with van der Waals surface area (Å²) in [5.74, 6) is 0. The molecule has 0 aromatic heterocycles. The van der Waals surface area contributed by atoms with E-state index in [0.717, 1.165) is 0 Å². The van der Waals surface area contributed by atoms with Crippen molar-refractivity contribution in [3.63, 3.8) is 0 Å². The molecule has 0 radical (unpaired) electrons. The first-order valence-electron chi connectivity index (χ1n) is 9.41. The van der Waals surface area contributed by atoms with Gasteiger partial charge in [-0.25, -0.2) is 0 Å². The Kier molecular flexibility index (Phi) is 6.01. The second-order valence-electron chi connectivity index (χ2n) is 10.4. The molecule has 0 aliphatic heterocycles. The molecule has 21 heavy (non-hydrogen) atoms. The molecule has 0 aromatic carbocycles. The van der Waals surface area contributed by atoms with Gasteiger partial charge < -0.3 is 0 Å². The monoisotopic (exact) mass is 294 g/mol. The lowest BCUT2D eigenvalue weighted by atomic mass is 9.61. The second-order valence-corrected chi connectivity index (χ2v) is 10.4. The molecular weight excluding hydrogens is 252 g/mol. The van der Waals surface area contributed by atoms with Gasteiger partial charge in [-0.05, 0) is 47.3 Å². The van der Waals surface area contributed by atoms with Crippen LogP contribution in [0.3, 0.4) is 0 Å². The van der Waals surface area contributed by atoms with E-state index < -0.39 is 0 Å². The highest BCUT2D eigenvalue weighted by atomic mass is 14.4. The molecule has 0 heteroatoms. The molecule has 0 unspecified atom stereocenters.